The van der Waals surface area contributed by atoms with Crippen LogP contribution in [0, 0.1) is 0 Å². The van der Waals surface area contributed by atoms with Crippen LogP contribution in [0.15, 0.2) is 47.1 Å². The Bertz CT molecular complexity index is 713. The smallest absolute Gasteiger partial charge is 0.268 e. The summed E-state index contributed by atoms with van der Waals surface area (Å²) in [5.41, 5.74) is 7.77. The lowest BCUT2D eigenvalue weighted by atomic mass is 10.2. The van der Waals surface area contributed by atoms with Gasteiger partial charge in [-0.2, -0.15) is 0 Å². The van der Waals surface area contributed by atoms with Gasteiger partial charge in [0, 0.05) is 16.6 Å². The normalized spacial score (nSPS) is 10.7. The van der Waals surface area contributed by atoms with Gasteiger partial charge >= 0.3 is 0 Å². The molecule has 1 aromatic carbocycles. The fourth-order valence-corrected chi connectivity index (χ4v) is 1.95. The Hall–Kier alpha value is -2.69. The minimum absolute atomic E-state index is 0.175. The highest BCUT2D eigenvalue weighted by atomic mass is 16.3. The number of nitrogens with two attached hydrogens (primary N) is 1. The molecule has 0 unspecified atom stereocenters. The van der Waals surface area contributed by atoms with Gasteiger partial charge in [0.2, 0.25) is 0 Å². The number of furan rings is 1. The highest BCUT2D eigenvalue weighted by Gasteiger charge is 2.09. The van der Waals surface area contributed by atoms with Crippen molar-refractivity contribution in [2.45, 2.75) is 6.54 Å². The van der Waals surface area contributed by atoms with Crippen molar-refractivity contribution < 1.29 is 9.21 Å². The molecular weight excluding hydrogens is 242 g/mol. The third-order valence-corrected chi connectivity index (χ3v) is 2.89. The van der Waals surface area contributed by atoms with Crippen LogP contribution in [-0.2, 0) is 6.54 Å². The van der Waals surface area contributed by atoms with Crippen LogP contribution >= 0.6 is 0 Å². The van der Waals surface area contributed by atoms with E-state index in [1.54, 1.807) is 24.5 Å². The summed E-state index contributed by atoms with van der Waals surface area (Å²) in [6, 6.07) is 10.9. The minimum Gasteiger partial charge on any atom is -0.467 e. The predicted octanol–water partition coefficient (Wildman–Crippen LogP) is 2.27. The molecule has 0 saturated carbocycles. The lowest BCUT2D eigenvalue weighted by molar-refractivity contribution is 0.0944. The molecule has 96 valence electrons. The molecule has 3 aromatic rings. The average Bonchev–Trinajstić information content (AvgIpc) is 3.04. The van der Waals surface area contributed by atoms with Crippen molar-refractivity contribution in [3.63, 3.8) is 0 Å². The lowest BCUT2D eigenvalue weighted by Gasteiger charge is -2.00. The van der Waals surface area contributed by atoms with Crippen LogP contribution in [0.2, 0.25) is 0 Å². The Morgan fingerprint density at radius 1 is 1.32 bits per heavy atom. The SMILES string of the molecule is Nc1ccc2[nH]c(C(=O)NCc3ccco3)cc2c1. The van der Waals surface area contributed by atoms with Gasteiger partial charge in [-0.05, 0) is 36.4 Å². The monoisotopic (exact) mass is 255 g/mol. The summed E-state index contributed by atoms with van der Waals surface area (Å²) in [4.78, 5) is 15.0. The molecule has 2 aromatic heterocycles. The predicted molar refractivity (Wildman–Crippen MR) is 72.6 cm³/mol. The van der Waals surface area contributed by atoms with Crippen molar-refractivity contribution >= 4 is 22.5 Å². The maximum absolute atomic E-state index is 12.0. The maximum Gasteiger partial charge on any atom is 0.268 e. The molecular formula is C14H13N3O2. The number of carbonyl (C=O) groups excluding carboxylic acids is 1. The maximum atomic E-state index is 12.0. The van der Waals surface area contributed by atoms with E-state index < -0.39 is 0 Å². The fourth-order valence-electron chi connectivity index (χ4n) is 1.95. The summed E-state index contributed by atoms with van der Waals surface area (Å²) in [7, 11) is 0. The zero-order valence-electron chi connectivity index (χ0n) is 10.1. The van der Waals surface area contributed by atoms with Crippen LogP contribution in [0.3, 0.4) is 0 Å². The Morgan fingerprint density at radius 2 is 2.21 bits per heavy atom. The Balaban J connectivity index is 1.77. The quantitative estimate of drug-likeness (QED) is 0.628. The molecule has 5 nitrogen and oxygen atoms in total. The molecule has 0 radical (unpaired) electrons. The molecule has 5 heteroatoms. The van der Waals surface area contributed by atoms with Crippen LogP contribution < -0.4 is 11.1 Å². The van der Waals surface area contributed by atoms with E-state index in [0.717, 1.165) is 10.9 Å². The van der Waals surface area contributed by atoms with E-state index in [1.165, 1.54) is 0 Å². The molecule has 0 spiro atoms. The van der Waals surface area contributed by atoms with Gasteiger partial charge in [0.15, 0.2) is 0 Å². The van der Waals surface area contributed by atoms with Crippen LogP contribution in [0.1, 0.15) is 16.2 Å². The summed E-state index contributed by atoms with van der Waals surface area (Å²) in [6.07, 6.45) is 1.58. The van der Waals surface area contributed by atoms with Crippen molar-refractivity contribution in [1.82, 2.24) is 10.3 Å². The van der Waals surface area contributed by atoms with Gasteiger partial charge in [-0.15, -0.1) is 0 Å². The number of aromatic amines is 1. The van der Waals surface area contributed by atoms with Crippen molar-refractivity contribution in [2.24, 2.45) is 0 Å². The Morgan fingerprint density at radius 3 is 3.00 bits per heavy atom. The summed E-state index contributed by atoms with van der Waals surface area (Å²) >= 11 is 0. The van der Waals surface area contributed by atoms with Crippen LogP contribution in [0.4, 0.5) is 5.69 Å². The molecule has 0 bridgehead atoms. The molecule has 0 saturated heterocycles. The van der Waals surface area contributed by atoms with Crippen molar-refractivity contribution in [3.05, 3.63) is 54.1 Å². The number of hydrogen-bond acceptors (Lipinski definition) is 3. The molecule has 19 heavy (non-hydrogen) atoms. The number of aromatic nitrogens is 1. The van der Waals surface area contributed by atoms with E-state index in [2.05, 4.69) is 10.3 Å². The number of hydrogen-bond donors (Lipinski definition) is 3. The number of benzene rings is 1. The first kappa shape index (κ1) is 11.4. The van der Waals surface area contributed by atoms with Crippen molar-refractivity contribution in [3.8, 4) is 0 Å². The average molecular weight is 255 g/mol. The van der Waals surface area contributed by atoms with Gasteiger partial charge < -0.3 is 20.5 Å². The van der Waals surface area contributed by atoms with E-state index in [0.29, 0.717) is 23.7 Å². The second kappa shape index (κ2) is 4.53. The largest absolute Gasteiger partial charge is 0.467 e. The molecule has 0 atom stereocenters. The Kier molecular flexibility index (Phi) is 2.72. The van der Waals surface area contributed by atoms with Crippen molar-refractivity contribution in [2.75, 3.05) is 5.73 Å². The fraction of sp³-hybridized carbons (Fsp3) is 0.0714. The molecule has 3 rings (SSSR count). The molecule has 1 amide bonds. The first-order valence-electron chi connectivity index (χ1n) is 5.91. The van der Waals surface area contributed by atoms with Gasteiger partial charge in [-0.1, -0.05) is 0 Å². The molecule has 0 aliphatic rings. The van der Waals surface area contributed by atoms with Gasteiger partial charge in [0.05, 0.1) is 12.8 Å². The van der Waals surface area contributed by atoms with Gasteiger partial charge in [-0.3, -0.25) is 4.79 Å². The van der Waals surface area contributed by atoms with E-state index in [4.69, 9.17) is 10.2 Å². The van der Waals surface area contributed by atoms with Gasteiger partial charge in [0.25, 0.3) is 5.91 Å². The number of nitrogen functional groups attached to an aromatic ring is 1. The lowest BCUT2D eigenvalue weighted by Crippen LogP contribution is -2.22. The van der Waals surface area contributed by atoms with E-state index >= 15 is 0 Å². The van der Waals surface area contributed by atoms with Gasteiger partial charge in [-0.25, -0.2) is 0 Å². The standard InChI is InChI=1S/C14H13N3O2/c15-10-3-4-12-9(6-10)7-13(17-12)14(18)16-8-11-2-1-5-19-11/h1-7,17H,8,15H2,(H,16,18). The van der Waals surface area contributed by atoms with E-state index in [1.807, 2.05) is 18.2 Å². The highest BCUT2D eigenvalue weighted by Crippen LogP contribution is 2.18. The topological polar surface area (TPSA) is 84.0 Å². The highest BCUT2D eigenvalue weighted by molar-refractivity contribution is 5.98. The number of fused-ring (bicyclic) bond motifs is 1. The van der Waals surface area contributed by atoms with E-state index in [9.17, 15) is 4.79 Å². The number of amides is 1. The van der Waals surface area contributed by atoms with Crippen molar-refractivity contribution in [1.29, 1.82) is 0 Å². The van der Waals surface area contributed by atoms with Crippen LogP contribution in [0.5, 0.6) is 0 Å². The zero-order chi connectivity index (χ0) is 13.2. The summed E-state index contributed by atoms with van der Waals surface area (Å²) in [5.74, 6) is 0.542. The molecule has 2 heterocycles. The Labute approximate surface area is 109 Å². The molecule has 0 aliphatic heterocycles. The summed E-state index contributed by atoms with van der Waals surface area (Å²) in [5, 5.41) is 3.70. The summed E-state index contributed by atoms with van der Waals surface area (Å²) < 4.78 is 5.15. The third-order valence-electron chi connectivity index (χ3n) is 2.89. The number of rotatable bonds is 3. The number of nitrogens with one attached hydrogen (secondary N) is 2. The zero-order valence-corrected chi connectivity index (χ0v) is 10.1. The number of carbonyl (C=O) groups is 1. The number of anilines is 1. The second-order valence-corrected chi connectivity index (χ2v) is 4.29. The number of H-pyrrole nitrogens is 1. The second-order valence-electron chi connectivity index (χ2n) is 4.29. The third kappa shape index (κ3) is 2.30. The minimum atomic E-state index is -0.175. The molecule has 0 aliphatic carbocycles. The summed E-state index contributed by atoms with van der Waals surface area (Å²) in [6.45, 7) is 0.364. The van der Waals surface area contributed by atoms with E-state index in [-0.39, 0.29) is 5.91 Å². The van der Waals surface area contributed by atoms with Crippen LogP contribution in [0.25, 0.3) is 10.9 Å². The molecule has 4 N–H and O–H groups in total. The van der Waals surface area contributed by atoms with Crippen LogP contribution in [-0.4, -0.2) is 10.9 Å². The first-order valence-corrected chi connectivity index (χ1v) is 5.91. The molecule has 0 fully saturated rings. The first-order chi connectivity index (χ1) is 9.22. The van der Waals surface area contributed by atoms with Gasteiger partial charge in [0.1, 0.15) is 11.5 Å².